The van der Waals surface area contributed by atoms with Crippen LogP contribution in [0.5, 0.6) is 5.75 Å². The minimum Gasteiger partial charge on any atom is -0.495 e. The molecule has 0 radical (unpaired) electrons. The van der Waals surface area contributed by atoms with Crippen molar-refractivity contribution in [2.75, 3.05) is 7.11 Å². The molecule has 0 amide bonds. The highest BCUT2D eigenvalue weighted by atomic mass is 79.9. The van der Waals surface area contributed by atoms with E-state index in [1.54, 1.807) is 54.1 Å². The van der Waals surface area contributed by atoms with Gasteiger partial charge in [0, 0.05) is 4.47 Å². The Labute approximate surface area is 158 Å². The quantitative estimate of drug-likeness (QED) is 0.589. The maximum absolute atomic E-state index is 11.5. The van der Waals surface area contributed by atoms with Gasteiger partial charge in [0.05, 0.1) is 28.2 Å². The summed E-state index contributed by atoms with van der Waals surface area (Å²) in [7, 11) is 5.63. The van der Waals surface area contributed by atoms with Gasteiger partial charge in [-0.15, -0.1) is 0 Å². The van der Waals surface area contributed by atoms with Gasteiger partial charge < -0.3 is 4.74 Å². The fourth-order valence-electron chi connectivity index (χ4n) is 2.46. The van der Waals surface area contributed by atoms with Crippen LogP contribution in [0.1, 0.15) is 0 Å². The first-order valence-corrected chi connectivity index (χ1v) is 9.89. The summed E-state index contributed by atoms with van der Waals surface area (Å²) in [6.45, 7) is 0. The number of pyridine rings is 1. The van der Waals surface area contributed by atoms with Gasteiger partial charge in [-0.2, -0.15) is 0 Å². The first-order valence-electron chi connectivity index (χ1n) is 6.74. The molecule has 124 valence electrons. The second-order valence-corrected chi connectivity index (χ2v) is 7.96. The summed E-state index contributed by atoms with van der Waals surface area (Å²) in [6.07, 6.45) is 0. The summed E-state index contributed by atoms with van der Waals surface area (Å²) in [5.74, 6) is 0.572. The molecule has 1 aromatic heterocycles. The van der Waals surface area contributed by atoms with Gasteiger partial charge >= 0.3 is 0 Å². The van der Waals surface area contributed by atoms with Gasteiger partial charge in [-0.1, -0.05) is 11.6 Å². The number of hydrogen-bond donors (Lipinski definition) is 1. The van der Waals surface area contributed by atoms with E-state index in [1.165, 1.54) is 0 Å². The highest BCUT2D eigenvalue weighted by Crippen LogP contribution is 2.34. The van der Waals surface area contributed by atoms with Crippen LogP contribution in [0, 0.1) is 5.41 Å². The molecule has 3 rings (SSSR count). The molecule has 8 heteroatoms. The highest BCUT2D eigenvalue weighted by molar-refractivity contribution is 9.10. The van der Waals surface area contributed by atoms with Gasteiger partial charge in [-0.25, -0.2) is 4.21 Å². The van der Waals surface area contributed by atoms with Crippen LogP contribution in [-0.2, 0) is 10.0 Å². The standard InChI is InChI=1S/C16H11BrCl2N2O2S/c1-23-15-7-11(17)12(18)8-14(15)21-13-4-3-10(24(19)22)6-9(13)2-5-16(21)20/h2-8,20H,1H3. The molecule has 0 spiro atoms. The lowest BCUT2D eigenvalue weighted by molar-refractivity contribution is 0.412. The number of ether oxygens (including phenoxy) is 1. The lowest BCUT2D eigenvalue weighted by Crippen LogP contribution is -2.18. The largest absolute Gasteiger partial charge is 0.495 e. The Kier molecular flexibility index (Phi) is 5.01. The number of fused-ring (bicyclic) bond motifs is 1. The Balaban J connectivity index is 2.38. The van der Waals surface area contributed by atoms with Crippen molar-refractivity contribution in [3.05, 3.63) is 57.4 Å². The molecule has 1 unspecified atom stereocenters. The third-order valence-electron chi connectivity index (χ3n) is 3.55. The first kappa shape index (κ1) is 17.5. The smallest absolute Gasteiger partial charge is 0.147 e. The van der Waals surface area contributed by atoms with Gasteiger partial charge in [0.2, 0.25) is 0 Å². The van der Waals surface area contributed by atoms with Gasteiger partial charge in [-0.05, 0) is 74.5 Å². The lowest BCUT2D eigenvalue weighted by atomic mass is 10.2. The van der Waals surface area contributed by atoms with Crippen LogP contribution >= 0.6 is 38.2 Å². The molecule has 1 N–H and O–H groups in total. The SMILES string of the molecule is COc1cc(Br)c(Cl)cc1-n1c(=N)ccc2cc(S(=O)Cl)ccc21. The molecular formula is C16H11BrCl2N2O2S. The third-order valence-corrected chi connectivity index (χ3v) is 5.91. The third kappa shape index (κ3) is 3.11. The van der Waals surface area contributed by atoms with E-state index in [2.05, 4.69) is 15.9 Å². The lowest BCUT2D eigenvalue weighted by Gasteiger charge is -2.16. The average molecular weight is 446 g/mol. The average Bonchev–Trinajstić information content (AvgIpc) is 2.56. The zero-order chi connectivity index (χ0) is 17.4. The minimum absolute atomic E-state index is 0.263. The van der Waals surface area contributed by atoms with Crippen LogP contribution in [0.4, 0.5) is 0 Å². The molecule has 2 aromatic carbocycles. The molecule has 0 aliphatic carbocycles. The highest BCUT2D eigenvalue weighted by Gasteiger charge is 2.13. The van der Waals surface area contributed by atoms with Crippen LogP contribution in [0.3, 0.4) is 0 Å². The molecule has 1 heterocycles. The van der Waals surface area contributed by atoms with Crippen LogP contribution in [0.2, 0.25) is 5.02 Å². The maximum atomic E-state index is 11.5. The van der Waals surface area contributed by atoms with Crippen molar-refractivity contribution < 1.29 is 8.95 Å². The van der Waals surface area contributed by atoms with Crippen molar-refractivity contribution in [3.8, 4) is 11.4 Å². The van der Waals surface area contributed by atoms with Crippen molar-refractivity contribution in [2.45, 2.75) is 4.90 Å². The zero-order valence-electron chi connectivity index (χ0n) is 12.3. The predicted octanol–water partition coefficient (Wildman–Crippen LogP) is 4.80. The maximum Gasteiger partial charge on any atom is 0.147 e. The van der Waals surface area contributed by atoms with E-state index in [0.29, 0.717) is 25.8 Å². The Bertz CT molecular complexity index is 1040. The zero-order valence-corrected chi connectivity index (χ0v) is 16.3. The van der Waals surface area contributed by atoms with Gasteiger partial charge in [0.25, 0.3) is 0 Å². The molecular weight excluding hydrogens is 435 g/mol. The summed E-state index contributed by atoms with van der Waals surface area (Å²) in [5, 5.41) is 9.60. The van der Waals surface area contributed by atoms with Gasteiger partial charge in [0.1, 0.15) is 21.3 Å². The fourth-order valence-corrected chi connectivity index (χ4v) is 3.62. The Morgan fingerprint density at radius 1 is 1.21 bits per heavy atom. The predicted molar refractivity (Wildman–Crippen MR) is 101 cm³/mol. The van der Waals surface area contributed by atoms with Crippen LogP contribution in [0.25, 0.3) is 16.6 Å². The summed E-state index contributed by atoms with van der Waals surface area (Å²) in [5.41, 5.74) is 1.66. The Morgan fingerprint density at radius 3 is 2.62 bits per heavy atom. The number of methoxy groups -OCH3 is 1. The van der Waals surface area contributed by atoms with Gasteiger partial charge in [0.15, 0.2) is 0 Å². The van der Waals surface area contributed by atoms with Crippen molar-refractivity contribution in [2.24, 2.45) is 0 Å². The van der Waals surface area contributed by atoms with E-state index in [0.717, 1.165) is 10.9 Å². The molecule has 1 atom stereocenters. The van der Waals surface area contributed by atoms with Crippen molar-refractivity contribution >= 4 is 59.1 Å². The Hall–Kier alpha value is -1.34. The number of nitrogens with zero attached hydrogens (tertiary/aromatic N) is 1. The molecule has 0 fully saturated rings. The molecule has 0 saturated heterocycles. The topological polar surface area (TPSA) is 55.1 Å². The van der Waals surface area contributed by atoms with E-state index in [1.807, 2.05) is 0 Å². The van der Waals surface area contributed by atoms with E-state index in [-0.39, 0.29) is 5.49 Å². The molecule has 0 saturated carbocycles. The number of aromatic nitrogens is 1. The number of hydrogen-bond acceptors (Lipinski definition) is 3. The first-order chi connectivity index (χ1) is 11.4. The van der Waals surface area contributed by atoms with Crippen molar-refractivity contribution in [1.29, 1.82) is 5.41 Å². The Morgan fingerprint density at radius 2 is 1.96 bits per heavy atom. The van der Waals surface area contributed by atoms with E-state index < -0.39 is 10.0 Å². The summed E-state index contributed by atoms with van der Waals surface area (Å²) < 4.78 is 19.3. The summed E-state index contributed by atoms with van der Waals surface area (Å²) in [6, 6.07) is 12.1. The fraction of sp³-hybridized carbons (Fsp3) is 0.0625. The second kappa shape index (κ2) is 6.88. The van der Waals surface area contributed by atoms with Crippen molar-refractivity contribution in [1.82, 2.24) is 4.57 Å². The monoisotopic (exact) mass is 444 g/mol. The molecule has 0 aliphatic heterocycles. The number of benzene rings is 2. The molecule has 24 heavy (non-hydrogen) atoms. The molecule has 0 aliphatic rings. The van der Waals surface area contributed by atoms with E-state index in [9.17, 15) is 4.21 Å². The molecule has 4 nitrogen and oxygen atoms in total. The number of nitrogens with one attached hydrogen (secondary N) is 1. The molecule has 0 bridgehead atoms. The van der Waals surface area contributed by atoms with Crippen LogP contribution in [-0.4, -0.2) is 15.9 Å². The summed E-state index contributed by atoms with van der Waals surface area (Å²) >= 11 is 9.60. The second-order valence-electron chi connectivity index (χ2n) is 4.94. The summed E-state index contributed by atoms with van der Waals surface area (Å²) in [4.78, 5) is 0.509. The van der Waals surface area contributed by atoms with Crippen LogP contribution < -0.4 is 10.2 Å². The van der Waals surface area contributed by atoms with Gasteiger partial charge in [-0.3, -0.25) is 9.98 Å². The molecule has 3 aromatic rings. The minimum atomic E-state index is -1.59. The normalized spacial score (nSPS) is 12.3. The van der Waals surface area contributed by atoms with E-state index >= 15 is 0 Å². The van der Waals surface area contributed by atoms with Crippen LogP contribution in [0.15, 0.2) is 51.8 Å². The number of rotatable bonds is 3. The van der Waals surface area contributed by atoms with Crippen molar-refractivity contribution in [3.63, 3.8) is 0 Å². The number of halogens is 3. The van der Waals surface area contributed by atoms with E-state index in [4.69, 9.17) is 32.4 Å².